The summed E-state index contributed by atoms with van der Waals surface area (Å²) in [6.07, 6.45) is -3.05. The van der Waals surface area contributed by atoms with Crippen molar-refractivity contribution in [3.8, 4) is 0 Å². The van der Waals surface area contributed by atoms with E-state index in [9.17, 15) is 22.8 Å². The summed E-state index contributed by atoms with van der Waals surface area (Å²) in [6, 6.07) is 7.30. The zero-order valence-electron chi connectivity index (χ0n) is 17.8. The number of aromatic nitrogens is 3. The van der Waals surface area contributed by atoms with E-state index in [0.29, 0.717) is 22.5 Å². The number of nitrogen functional groups attached to an aromatic ring is 1. The molecule has 1 aliphatic rings. The van der Waals surface area contributed by atoms with Crippen LogP contribution in [0.1, 0.15) is 50.6 Å². The Balaban J connectivity index is 0.00000306. The van der Waals surface area contributed by atoms with Crippen molar-refractivity contribution in [2.24, 2.45) is 0 Å². The van der Waals surface area contributed by atoms with Crippen molar-refractivity contribution in [1.29, 1.82) is 0 Å². The maximum atomic E-state index is 13.3. The molecule has 1 atom stereocenters. The number of nitrogens with two attached hydrogens (primary N) is 1. The Morgan fingerprint density at radius 2 is 1.88 bits per heavy atom. The first-order valence-electron chi connectivity index (χ1n) is 9.87. The molecular weight excluding hydrogens is 455 g/mol. The molecule has 0 saturated carbocycles. The van der Waals surface area contributed by atoms with Gasteiger partial charge in [-0.2, -0.15) is 31.8 Å². The summed E-state index contributed by atoms with van der Waals surface area (Å²) >= 11 is 0. The molecule has 1 aromatic carbocycles. The van der Waals surface area contributed by atoms with Crippen LogP contribution < -0.4 is 10.6 Å². The predicted molar refractivity (Wildman–Crippen MR) is 122 cm³/mol. The second kappa shape index (κ2) is 8.89. The highest BCUT2D eigenvalue weighted by Crippen LogP contribution is 2.33. The van der Waals surface area contributed by atoms with E-state index in [1.807, 2.05) is 6.92 Å². The minimum Gasteiger partial charge on any atom is -0.384 e. The fourth-order valence-electron chi connectivity index (χ4n) is 3.83. The maximum Gasteiger partial charge on any atom is 0.416 e. The van der Waals surface area contributed by atoms with Gasteiger partial charge in [-0.15, -0.1) is 0 Å². The number of ketones is 1. The van der Waals surface area contributed by atoms with Crippen LogP contribution in [0.15, 0.2) is 42.6 Å². The van der Waals surface area contributed by atoms with Crippen molar-refractivity contribution in [1.82, 2.24) is 14.8 Å². The quantitative estimate of drug-likeness (QED) is 0.575. The number of hydrogen-bond acceptors (Lipinski definition) is 5. The molecule has 4 rings (SSSR count). The highest BCUT2D eigenvalue weighted by molar-refractivity contribution is 7.59. The Labute approximate surface area is 194 Å². The highest BCUT2D eigenvalue weighted by atomic mass is 32.1. The Hall–Kier alpha value is -3.34. The summed E-state index contributed by atoms with van der Waals surface area (Å²) in [6.45, 7) is 3.81. The second-order valence-corrected chi connectivity index (χ2v) is 7.79. The van der Waals surface area contributed by atoms with Gasteiger partial charge in [-0.1, -0.05) is 0 Å². The van der Waals surface area contributed by atoms with Crippen LogP contribution >= 0.6 is 13.5 Å². The Morgan fingerprint density at radius 3 is 2.48 bits per heavy atom. The van der Waals surface area contributed by atoms with Crippen molar-refractivity contribution in [2.45, 2.75) is 32.5 Å². The van der Waals surface area contributed by atoms with Crippen LogP contribution in [0.25, 0.3) is 0 Å². The fraction of sp³-hybridized carbons (Fsp3) is 0.273. The third-order valence-corrected chi connectivity index (χ3v) is 5.34. The number of Topliss-reactive ketones (excluding diaryl/α,β-unsaturated/α-hetero) is 1. The molecule has 1 aliphatic heterocycles. The SMILES string of the molecule is Cc1cc(C(=O)Cc2cnn3c2C(=O)N(c2ccc(C(F)(F)F)cc2)C[C@@H]3C)cc(N)n1.S. The van der Waals surface area contributed by atoms with Gasteiger partial charge in [0.15, 0.2) is 5.78 Å². The maximum absolute atomic E-state index is 13.3. The van der Waals surface area contributed by atoms with Crippen LogP contribution in [0, 0.1) is 6.92 Å². The number of amides is 1. The number of pyridine rings is 1. The van der Waals surface area contributed by atoms with Crippen LogP contribution in [-0.4, -0.2) is 33.0 Å². The molecule has 0 fully saturated rings. The van der Waals surface area contributed by atoms with Gasteiger partial charge in [-0.25, -0.2) is 4.98 Å². The number of aryl methyl sites for hydroxylation is 1. The average Bonchev–Trinajstić information content (AvgIpc) is 3.14. The van der Waals surface area contributed by atoms with E-state index in [4.69, 9.17) is 5.73 Å². The summed E-state index contributed by atoms with van der Waals surface area (Å²) in [4.78, 5) is 31.5. The van der Waals surface area contributed by atoms with Crippen molar-refractivity contribution in [3.63, 3.8) is 0 Å². The molecule has 174 valence electrons. The summed E-state index contributed by atoms with van der Waals surface area (Å²) in [5.41, 5.74) is 6.95. The Kier molecular flexibility index (Phi) is 6.55. The molecule has 0 bridgehead atoms. The molecule has 2 aromatic heterocycles. The molecule has 3 aromatic rings. The normalized spacial score (nSPS) is 15.7. The molecular formula is C22H22F3N5O2S. The number of nitrogens with zero attached hydrogens (tertiary/aromatic N) is 4. The van der Waals surface area contributed by atoms with E-state index in [1.54, 1.807) is 17.7 Å². The number of anilines is 2. The monoisotopic (exact) mass is 477 g/mol. The van der Waals surface area contributed by atoms with Gasteiger partial charge in [0.2, 0.25) is 0 Å². The van der Waals surface area contributed by atoms with Crippen molar-refractivity contribution in [3.05, 3.63) is 70.7 Å². The third kappa shape index (κ3) is 4.72. The molecule has 3 heterocycles. The van der Waals surface area contributed by atoms with Crippen LogP contribution in [0.5, 0.6) is 0 Å². The molecule has 11 heteroatoms. The lowest BCUT2D eigenvalue weighted by Crippen LogP contribution is -2.43. The summed E-state index contributed by atoms with van der Waals surface area (Å²) in [7, 11) is 0. The second-order valence-electron chi connectivity index (χ2n) is 7.79. The lowest BCUT2D eigenvalue weighted by atomic mass is 10.0. The number of halogens is 3. The lowest BCUT2D eigenvalue weighted by molar-refractivity contribution is -0.137. The largest absolute Gasteiger partial charge is 0.416 e. The van der Waals surface area contributed by atoms with Crippen LogP contribution in [-0.2, 0) is 12.6 Å². The van der Waals surface area contributed by atoms with Gasteiger partial charge in [-0.3, -0.25) is 14.3 Å². The van der Waals surface area contributed by atoms with E-state index in [0.717, 1.165) is 12.1 Å². The standard InChI is InChI=1S/C22H20F3N5O2.H2S/c1-12-7-14(9-19(26)28-12)18(31)8-15-10-27-30-13(2)11-29(21(32)20(15)30)17-5-3-16(4-6-17)22(23,24)25;/h3-7,9-10,13H,8,11H2,1-2H3,(H2,26,28);1H2/t13-;/m0./s1. The van der Waals surface area contributed by atoms with Crippen LogP contribution in [0.4, 0.5) is 24.7 Å². The number of rotatable bonds is 4. The first kappa shape index (κ1) is 24.3. The van der Waals surface area contributed by atoms with E-state index in [1.165, 1.54) is 29.3 Å². The van der Waals surface area contributed by atoms with Crippen molar-refractivity contribution in [2.75, 3.05) is 17.2 Å². The molecule has 0 aliphatic carbocycles. The van der Waals surface area contributed by atoms with Gasteiger partial charge in [0, 0.05) is 35.5 Å². The molecule has 0 radical (unpaired) electrons. The van der Waals surface area contributed by atoms with Crippen molar-refractivity contribution < 1.29 is 22.8 Å². The van der Waals surface area contributed by atoms with E-state index in [2.05, 4.69) is 10.1 Å². The number of benzene rings is 1. The number of alkyl halides is 3. The van der Waals surface area contributed by atoms with Gasteiger partial charge >= 0.3 is 6.18 Å². The van der Waals surface area contributed by atoms with Crippen molar-refractivity contribution >= 4 is 36.7 Å². The average molecular weight is 478 g/mol. The third-order valence-electron chi connectivity index (χ3n) is 5.34. The van der Waals surface area contributed by atoms with Gasteiger partial charge in [0.1, 0.15) is 11.5 Å². The molecule has 1 amide bonds. The first-order valence-corrected chi connectivity index (χ1v) is 9.87. The fourth-order valence-corrected chi connectivity index (χ4v) is 3.83. The summed E-state index contributed by atoms with van der Waals surface area (Å²) in [5, 5.41) is 4.28. The molecule has 7 nitrogen and oxygen atoms in total. The van der Waals surface area contributed by atoms with Gasteiger partial charge in [0.05, 0.1) is 17.8 Å². The molecule has 2 N–H and O–H groups in total. The number of carbonyl (C=O) groups excluding carboxylic acids is 2. The number of hydrogen-bond donors (Lipinski definition) is 1. The molecule has 33 heavy (non-hydrogen) atoms. The van der Waals surface area contributed by atoms with Gasteiger partial charge < -0.3 is 10.6 Å². The smallest absolute Gasteiger partial charge is 0.384 e. The lowest BCUT2D eigenvalue weighted by Gasteiger charge is -2.32. The molecule has 0 unspecified atom stereocenters. The van der Waals surface area contributed by atoms with Gasteiger partial charge in [-0.05, 0) is 50.2 Å². The highest BCUT2D eigenvalue weighted by Gasteiger charge is 2.35. The minimum absolute atomic E-state index is 0. The minimum atomic E-state index is -4.46. The van der Waals surface area contributed by atoms with E-state index < -0.39 is 17.6 Å². The van der Waals surface area contributed by atoms with E-state index >= 15 is 0 Å². The zero-order chi connectivity index (χ0) is 23.2. The Bertz CT molecular complexity index is 1190. The summed E-state index contributed by atoms with van der Waals surface area (Å²) < 4.78 is 40.2. The first-order chi connectivity index (χ1) is 15.0. The topological polar surface area (TPSA) is 94.1 Å². The van der Waals surface area contributed by atoms with Crippen LogP contribution in [0.3, 0.4) is 0 Å². The molecule has 0 saturated heterocycles. The van der Waals surface area contributed by atoms with Crippen LogP contribution in [0.2, 0.25) is 0 Å². The zero-order valence-corrected chi connectivity index (χ0v) is 18.8. The summed E-state index contributed by atoms with van der Waals surface area (Å²) in [5.74, 6) is -0.442. The number of fused-ring (bicyclic) bond motifs is 1. The van der Waals surface area contributed by atoms with E-state index in [-0.39, 0.29) is 49.8 Å². The number of carbonyl (C=O) groups is 2. The Morgan fingerprint density at radius 1 is 1.21 bits per heavy atom. The predicted octanol–water partition coefficient (Wildman–Crippen LogP) is 3.95. The van der Waals surface area contributed by atoms with Gasteiger partial charge in [0.25, 0.3) is 5.91 Å². The molecule has 0 spiro atoms.